The van der Waals surface area contributed by atoms with E-state index in [2.05, 4.69) is 22.9 Å². The van der Waals surface area contributed by atoms with Crippen LogP contribution in [0, 0.1) is 5.92 Å². The predicted octanol–water partition coefficient (Wildman–Crippen LogP) is 1.20. The highest BCUT2D eigenvalue weighted by Gasteiger charge is 2.50. The smallest absolute Gasteiger partial charge is 0.327 e. The van der Waals surface area contributed by atoms with Gasteiger partial charge in [-0.25, -0.2) is 4.79 Å². The fourth-order valence-corrected chi connectivity index (χ4v) is 5.20. The summed E-state index contributed by atoms with van der Waals surface area (Å²) in [6.45, 7) is 2.25. The first kappa shape index (κ1) is 21.7. The first-order valence-electron chi connectivity index (χ1n) is 10.3. The Kier molecular flexibility index (Phi) is 6.26. The van der Waals surface area contributed by atoms with Crippen molar-refractivity contribution in [2.75, 3.05) is 32.0 Å². The number of amides is 4. The average Bonchev–Trinajstić information content (AvgIpc) is 3.22. The Balaban J connectivity index is 1.43. The zero-order chi connectivity index (χ0) is 22.1. The quantitative estimate of drug-likeness (QED) is 0.594. The maximum Gasteiger partial charge on any atom is 0.327 e. The molecule has 0 aliphatic carbocycles. The van der Waals surface area contributed by atoms with Crippen molar-refractivity contribution in [1.29, 1.82) is 0 Å². The molecule has 10 nitrogen and oxygen atoms in total. The minimum atomic E-state index is -0.496. The number of urea groups is 1. The van der Waals surface area contributed by atoms with Crippen molar-refractivity contribution in [3.63, 3.8) is 0 Å². The van der Waals surface area contributed by atoms with Gasteiger partial charge in [0, 0.05) is 25.8 Å². The fourth-order valence-electron chi connectivity index (χ4n) is 4.06. The molecule has 1 aromatic carbocycles. The van der Waals surface area contributed by atoms with Crippen molar-refractivity contribution in [3.8, 4) is 11.5 Å². The average molecular weight is 450 g/mol. The van der Waals surface area contributed by atoms with Crippen LogP contribution in [0.4, 0.5) is 10.5 Å². The molecule has 168 valence electrons. The second-order valence-electron chi connectivity index (χ2n) is 7.78. The number of imide groups is 1. The van der Waals surface area contributed by atoms with Crippen LogP contribution < -0.4 is 25.4 Å². The molecule has 1 aromatic rings. The highest BCUT2D eigenvalue weighted by atomic mass is 32.2. The van der Waals surface area contributed by atoms with E-state index < -0.39 is 12.1 Å². The number of rotatable bonds is 6. The number of anilines is 1. The highest BCUT2D eigenvalue weighted by molar-refractivity contribution is 8.00. The second-order valence-corrected chi connectivity index (χ2v) is 8.91. The monoisotopic (exact) mass is 449 g/mol. The molecule has 3 aliphatic heterocycles. The third-order valence-electron chi connectivity index (χ3n) is 5.65. The van der Waals surface area contributed by atoms with E-state index in [1.165, 1.54) is 18.8 Å². The van der Waals surface area contributed by atoms with E-state index in [0.717, 1.165) is 17.7 Å². The third kappa shape index (κ3) is 4.30. The van der Waals surface area contributed by atoms with Gasteiger partial charge in [-0.2, -0.15) is 0 Å². The molecule has 0 spiro atoms. The molecule has 3 aliphatic rings. The standard InChI is InChI=1S/C20H27N5O5S/c1-4-5-14-22-17-16(19(27)25(3)20(28)24(17)2)18(23-14)31-9-15(26)21-11-6-7-12-13(8-11)30-10-29-12/h6-8,14,16-18,22-23H,4-5,9-10H2,1-3H3,(H,21,26). The van der Waals surface area contributed by atoms with Crippen LogP contribution in [-0.4, -0.2) is 72.0 Å². The van der Waals surface area contributed by atoms with Crippen molar-refractivity contribution < 1.29 is 23.9 Å². The molecule has 0 aromatic heterocycles. The first-order chi connectivity index (χ1) is 14.9. The molecule has 3 N–H and O–H groups in total. The van der Waals surface area contributed by atoms with Crippen LogP contribution in [0.25, 0.3) is 0 Å². The molecule has 2 fully saturated rings. The molecule has 4 rings (SSSR count). The van der Waals surface area contributed by atoms with Gasteiger partial charge >= 0.3 is 6.03 Å². The number of hydrogen-bond donors (Lipinski definition) is 3. The molecule has 4 atom stereocenters. The number of benzene rings is 1. The molecule has 0 saturated carbocycles. The normalized spacial score (nSPS) is 27.3. The molecule has 31 heavy (non-hydrogen) atoms. The van der Waals surface area contributed by atoms with E-state index in [0.29, 0.717) is 17.2 Å². The topological polar surface area (TPSA) is 112 Å². The summed E-state index contributed by atoms with van der Waals surface area (Å²) in [7, 11) is 3.18. The van der Waals surface area contributed by atoms with E-state index in [1.54, 1.807) is 30.1 Å². The summed E-state index contributed by atoms with van der Waals surface area (Å²) in [5.74, 6) is 0.467. The lowest BCUT2D eigenvalue weighted by atomic mass is 9.96. The lowest BCUT2D eigenvalue weighted by Crippen LogP contribution is -2.74. The predicted molar refractivity (Wildman–Crippen MR) is 116 cm³/mol. The number of nitrogens with one attached hydrogen (secondary N) is 3. The Hall–Kier alpha value is -2.50. The van der Waals surface area contributed by atoms with Crippen LogP contribution in [0.1, 0.15) is 19.8 Å². The van der Waals surface area contributed by atoms with Crippen LogP contribution in [0.15, 0.2) is 18.2 Å². The molecule has 0 radical (unpaired) electrons. The molecule has 4 unspecified atom stereocenters. The van der Waals surface area contributed by atoms with E-state index in [9.17, 15) is 14.4 Å². The van der Waals surface area contributed by atoms with Gasteiger partial charge in [-0.05, 0) is 18.6 Å². The lowest BCUT2D eigenvalue weighted by molar-refractivity contribution is -0.140. The van der Waals surface area contributed by atoms with Gasteiger partial charge in [0.15, 0.2) is 11.5 Å². The second kappa shape index (κ2) is 8.93. The number of ether oxygens (including phenoxy) is 2. The van der Waals surface area contributed by atoms with Crippen LogP contribution in [0.2, 0.25) is 0 Å². The number of carbonyl (C=O) groups excluding carboxylic acids is 3. The zero-order valence-electron chi connectivity index (χ0n) is 17.7. The van der Waals surface area contributed by atoms with Gasteiger partial charge in [-0.15, -0.1) is 11.8 Å². The molecule has 4 amide bonds. The fraction of sp³-hybridized carbons (Fsp3) is 0.550. The summed E-state index contributed by atoms with van der Waals surface area (Å²) < 4.78 is 10.6. The first-order valence-corrected chi connectivity index (χ1v) is 11.3. The number of nitrogens with zero attached hydrogens (tertiary/aromatic N) is 2. The number of fused-ring (bicyclic) bond motifs is 2. The van der Waals surface area contributed by atoms with Gasteiger partial charge in [0.05, 0.1) is 29.4 Å². The lowest BCUT2D eigenvalue weighted by Gasteiger charge is -2.50. The van der Waals surface area contributed by atoms with Crippen molar-refractivity contribution in [2.24, 2.45) is 5.92 Å². The summed E-state index contributed by atoms with van der Waals surface area (Å²) in [6, 6.07) is 4.90. The molecule has 0 bridgehead atoms. The van der Waals surface area contributed by atoms with Crippen LogP contribution in [0.5, 0.6) is 11.5 Å². The molecular weight excluding hydrogens is 422 g/mol. The summed E-state index contributed by atoms with van der Waals surface area (Å²) >= 11 is 1.37. The van der Waals surface area contributed by atoms with E-state index in [4.69, 9.17) is 9.47 Å². The van der Waals surface area contributed by atoms with Crippen molar-refractivity contribution in [2.45, 2.75) is 37.5 Å². The molecule has 2 saturated heterocycles. The van der Waals surface area contributed by atoms with Gasteiger partial charge < -0.3 is 19.7 Å². The number of hydrogen-bond acceptors (Lipinski definition) is 8. The Bertz CT molecular complexity index is 884. The van der Waals surface area contributed by atoms with Crippen molar-refractivity contribution in [3.05, 3.63) is 18.2 Å². The summed E-state index contributed by atoms with van der Waals surface area (Å²) in [5.41, 5.74) is 0.619. The van der Waals surface area contributed by atoms with Gasteiger partial charge in [-0.3, -0.25) is 25.1 Å². The molecular formula is C20H27N5O5S. The Morgan fingerprint density at radius 1 is 1.23 bits per heavy atom. The molecule has 11 heteroatoms. The van der Waals surface area contributed by atoms with Gasteiger partial charge in [0.2, 0.25) is 18.6 Å². The van der Waals surface area contributed by atoms with Crippen LogP contribution in [-0.2, 0) is 9.59 Å². The number of thioether (sulfide) groups is 1. The zero-order valence-corrected chi connectivity index (χ0v) is 18.5. The Morgan fingerprint density at radius 2 is 2.00 bits per heavy atom. The maximum absolute atomic E-state index is 12.9. The third-order valence-corrected chi connectivity index (χ3v) is 6.87. The van der Waals surface area contributed by atoms with Crippen LogP contribution >= 0.6 is 11.8 Å². The van der Waals surface area contributed by atoms with Crippen molar-refractivity contribution in [1.82, 2.24) is 20.4 Å². The van der Waals surface area contributed by atoms with Crippen LogP contribution in [0.3, 0.4) is 0 Å². The Labute approximate surface area is 185 Å². The summed E-state index contributed by atoms with van der Waals surface area (Å²) in [6.07, 6.45) is 1.32. The minimum Gasteiger partial charge on any atom is -0.454 e. The molecule has 3 heterocycles. The summed E-state index contributed by atoms with van der Waals surface area (Å²) in [5, 5.41) is 9.37. The SMILES string of the molecule is CCCC1NC(SCC(=O)Nc2ccc3c(c2)OCO3)C2C(=O)N(C)C(=O)N(C)C2N1. The van der Waals surface area contributed by atoms with E-state index in [1.807, 2.05) is 0 Å². The highest BCUT2D eigenvalue weighted by Crippen LogP contribution is 2.35. The Morgan fingerprint density at radius 3 is 2.77 bits per heavy atom. The van der Waals surface area contributed by atoms with Crippen molar-refractivity contribution >= 4 is 35.3 Å². The number of carbonyl (C=O) groups is 3. The van der Waals surface area contributed by atoms with Gasteiger partial charge in [-0.1, -0.05) is 13.3 Å². The van der Waals surface area contributed by atoms with Gasteiger partial charge in [0.25, 0.3) is 0 Å². The minimum absolute atomic E-state index is 0.0490. The summed E-state index contributed by atoms with van der Waals surface area (Å²) in [4.78, 5) is 40.6. The van der Waals surface area contributed by atoms with E-state index >= 15 is 0 Å². The largest absolute Gasteiger partial charge is 0.454 e. The van der Waals surface area contributed by atoms with Gasteiger partial charge in [0.1, 0.15) is 0 Å². The maximum atomic E-state index is 12.9. The van der Waals surface area contributed by atoms with E-state index in [-0.39, 0.29) is 41.9 Å².